The molecular formula is C27H25ClN4O3. The summed E-state index contributed by atoms with van der Waals surface area (Å²) in [5, 5.41) is 6.58. The first-order valence-corrected chi connectivity index (χ1v) is 11.4. The van der Waals surface area contributed by atoms with Crippen molar-refractivity contribution in [2.45, 2.75) is 27.3 Å². The monoisotopic (exact) mass is 488 g/mol. The third-order valence-electron chi connectivity index (χ3n) is 5.75. The highest BCUT2D eigenvalue weighted by Gasteiger charge is 2.21. The van der Waals surface area contributed by atoms with Gasteiger partial charge in [-0.15, -0.1) is 0 Å². The molecule has 8 heteroatoms. The fourth-order valence-electron chi connectivity index (χ4n) is 3.61. The number of benzene rings is 3. The van der Waals surface area contributed by atoms with Crippen molar-refractivity contribution >= 4 is 45.9 Å². The standard InChI is InChI=1S/C27H25ClN4O3/c1-16-4-7-19(8-5-16)15-29-26(34)27(35)31-32-23-11-9-21(28)13-20(23)14-24(32)25(33)30-22-10-6-17(2)18(3)12-22/h4-14H,15H2,1-3H3,(H,29,34)(H,30,33)(H,31,35). The molecule has 0 aliphatic carbocycles. The highest BCUT2D eigenvalue weighted by molar-refractivity contribution is 6.38. The molecule has 0 bridgehead atoms. The van der Waals surface area contributed by atoms with Gasteiger partial charge in [-0.3, -0.25) is 19.8 Å². The van der Waals surface area contributed by atoms with Crippen LogP contribution >= 0.6 is 11.6 Å². The summed E-state index contributed by atoms with van der Waals surface area (Å²) in [5.41, 5.74) is 7.96. The normalized spacial score (nSPS) is 10.7. The fourth-order valence-corrected chi connectivity index (χ4v) is 3.79. The van der Waals surface area contributed by atoms with Gasteiger partial charge in [0.05, 0.1) is 5.52 Å². The van der Waals surface area contributed by atoms with Gasteiger partial charge < -0.3 is 10.6 Å². The number of aromatic nitrogens is 1. The summed E-state index contributed by atoms with van der Waals surface area (Å²) >= 11 is 6.13. The largest absolute Gasteiger partial charge is 0.344 e. The van der Waals surface area contributed by atoms with E-state index in [1.807, 2.05) is 57.2 Å². The van der Waals surface area contributed by atoms with E-state index in [4.69, 9.17) is 11.6 Å². The number of hydrogen-bond acceptors (Lipinski definition) is 3. The van der Waals surface area contributed by atoms with E-state index in [2.05, 4.69) is 16.1 Å². The molecule has 0 atom stereocenters. The summed E-state index contributed by atoms with van der Waals surface area (Å²) in [5.74, 6) is -2.16. The van der Waals surface area contributed by atoms with Gasteiger partial charge in [-0.05, 0) is 73.9 Å². The Morgan fingerprint density at radius 3 is 2.29 bits per heavy atom. The summed E-state index contributed by atoms with van der Waals surface area (Å²) in [7, 11) is 0. The van der Waals surface area contributed by atoms with E-state index in [1.54, 1.807) is 30.3 Å². The van der Waals surface area contributed by atoms with Gasteiger partial charge in [0.15, 0.2) is 0 Å². The molecule has 1 heterocycles. The maximum atomic E-state index is 13.2. The quantitative estimate of drug-likeness (QED) is 0.350. The Balaban J connectivity index is 1.56. The summed E-state index contributed by atoms with van der Waals surface area (Å²) < 4.78 is 1.30. The van der Waals surface area contributed by atoms with E-state index < -0.39 is 17.7 Å². The number of nitrogens with zero attached hydrogens (tertiary/aromatic N) is 1. The number of anilines is 1. The zero-order valence-corrected chi connectivity index (χ0v) is 20.4. The van der Waals surface area contributed by atoms with Crippen LogP contribution in [0.5, 0.6) is 0 Å². The topological polar surface area (TPSA) is 92.2 Å². The number of carbonyl (C=O) groups excluding carboxylic acids is 3. The van der Waals surface area contributed by atoms with Gasteiger partial charge in [0.2, 0.25) is 0 Å². The molecule has 1 aromatic heterocycles. The van der Waals surface area contributed by atoms with Crippen molar-refractivity contribution in [1.29, 1.82) is 0 Å². The van der Waals surface area contributed by atoms with Crippen molar-refractivity contribution < 1.29 is 14.4 Å². The van der Waals surface area contributed by atoms with Crippen molar-refractivity contribution in [1.82, 2.24) is 9.99 Å². The van der Waals surface area contributed by atoms with Crippen molar-refractivity contribution in [2.24, 2.45) is 0 Å². The molecule has 0 fully saturated rings. The van der Waals surface area contributed by atoms with E-state index in [1.165, 1.54) is 4.68 Å². The third kappa shape index (κ3) is 5.53. The number of rotatable bonds is 5. The van der Waals surface area contributed by atoms with Gasteiger partial charge >= 0.3 is 11.8 Å². The second-order valence-corrected chi connectivity index (χ2v) is 8.87. The van der Waals surface area contributed by atoms with Gasteiger partial charge in [-0.2, -0.15) is 0 Å². The molecule has 0 unspecified atom stereocenters. The second kappa shape index (κ2) is 10.0. The van der Waals surface area contributed by atoms with Crippen LogP contribution in [-0.2, 0) is 16.1 Å². The van der Waals surface area contributed by atoms with Crippen LogP contribution in [0.3, 0.4) is 0 Å². The Morgan fingerprint density at radius 2 is 1.57 bits per heavy atom. The number of hydrogen-bond donors (Lipinski definition) is 3. The highest BCUT2D eigenvalue weighted by atomic mass is 35.5. The average molecular weight is 489 g/mol. The summed E-state index contributed by atoms with van der Waals surface area (Å²) in [4.78, 5) is 38.4. The highest BCUT2D eigenvalue weighted by Crippen LogP contribution is 2.24. The lowest BCUT2D eigenvalue weighted by molar-refractivity contribution is -0.136. The number of nitrogens with one attached hydrogen (secondary N) is 3. The van der Waals surface area contributed by atoms with Crippen LogP contribution in [0.15, 0.2) is 66.7 Å². The lowest BCUT2D eigenvalue weighted by atomic mass is 10.1. The van der Waals surface area contributed by atoms with Crippen LogP contribution < -0.4 is 16.1 Å². The minimum absolute atomic E-state index is 0.153. The Hall–Kier alpha value is -4.10. The molecule has 3 N–H and O–H groups in total. The molecule has 0 aliphatic heterocycles. The third-order valence-corrected chi connectivity index (χ3v) is 5.99. The molecule has 7 nitrogen and oxygen atoms in total. The summed E-state index contributed by atoms with van der Waals surface area (Å²) in [6, 6.07) is 19.8. The molecule has 3 aromatic carbocycles. The molecule has 0 saturated carbocycles. The molecule has 0 saturated heterocycles. The zero-order chi connectivity index (χ0) is 25.1. The summed E-state index contributed by atoms with van der Waals surface area (Å²) in [6.45, 7) is 6.12. The van der Waals surface area contributed by atoms with Crippen LogP contribution in [0.25, 0.3) is 10.9 Å². The molecule has 4 aromatic rings. The van der Waals surface area contributed by atoms with E-state index in [-0.39, 0.29) is 12.2 Å². The smallest absolute Gasteiger partial charge is 0.328 e. The maximum absolute atomic E-state index is 13.2. The minimum Gasteiger partial charge on any atom is -0.344 e. The summed E-state index contributed by atoms with van der Waals surface area (Å²) in [6.07, 6.45) is 0. The molecule has 178 valence electrons. The van der Waals surface area contributed by atoms with Gasteiger partial charge in [-0.25, -0.2) is 4.68 Å². The van der Waals surface area contributed by atoms with Crippen molar-refractivity contribution in [3.63, 3.8) is 0 Å². The van der Waals surface area contributed by atoms with Crippen LogP contribution in [-0.4, -0.2) is 22.4 Å². The first-order chi connectivity index (χ1) is 16.7. The van der Waals surface area contributed by atoms with Crippen LogP contribution in [0.2, 0.25) is 5.02 Å². The van der Waals surface area contributed by atoms with E-state index in [0.717, 1.165) is 22.3 Å². The predicted octanol–water partition coefficient (Wildman–Crippen LogP) is 4.86. The Morgan fingerprint density at radius 1 is 0.829 bits per heavy atom. The van der Waals surface area contributed by atoms with Crippen LogP contribution in [0, 0.1) is 20.8 Å². The number of amides is 3. The van der Waals surface area contributed by atoms with Gasteiger partial charge in [0.1, 0.15) is 5.69 Å². The number of halogens is 1. The Kier molecular flexibility index (Phi) is 6.89. The molecular weight excluding hydrogens is 464 g/mol. The van der Waals surface area contributed by atoms with Gasteiger partial charge in [-0.1, -0.05) is 47.5 Å². The molecule has 0 spiro atoms. The maximum Gasteiger partial charge on any atom is 0.328 e. The van der Waals surface area contributed by atoms with Crippen molar-refractivity contribution in [3.8, 4) is 0 Å². The number of fused-ring (bicyclic) bond motifs is 1. The lowest BCUT2D eigenvalue weighted by Gasteiger charge is -2.13. The zero-order valence-electron chi connectivity index (χ0n) is 19.6. The molecule has 4 rings (SSSR count). The van der Waals surface area contributed by atoms with Crippen molar-refractivity contribution in [2.75, 3.05) is 10.7 Å². The fraction of sp³-hybridized carbons (Fsp3) is 0.148. The second-order valence-electron chi connectivity index (χ2n) is 8.43. The van der Waals surface area contributed by atoms with Crippen molar-refractivity contribution in [3.05, 3.63) is 99.7 Å². The predicted molar refractivity (Wildman–Crippen MR) is 138 cm³/mol. The molecule has 3 amide bonds. The lowest BCUT2D eigenvalue weighted by Crippen LogP contribution is -2.39. The van der Waals surface area contributed by atoms with E-state index in [9.17, 15) is 14.4 Å². The Bertz CT molecular complexity index is 1440. The van der Waals surface area contributed by atoms with Gasteiger partial charge in [0.25, 0.3) is 5.91 Å². The minimum atomic E-state index is -0.898. The first kappa shape index (κ1) is 24.0. The van der Waals surface area contributed by atoms with E-state index >= 15 is 0 Å². The van der Waals surface area contributed by atoms with Crippen LogP contribution in [0.1, 0.15) is 32.7 Å². The number of carbonyl (C=O) groups is 3. The first-order valence-electron chi connectivity index (χ1n) is 11.1. The Labute approximate surface area is 208 Å². The SMILES string of the molecule is Cc1ccc(CNC(=O)C(=O)Nn2c(C(=O)Nc3ccc(C)c(C)c3)cc3cc(Cl)ccc32)cc1. The average Bonchev–Trinajstić information content (AvgIpc) is 3.18. The van der Waals surface area contributed by atoms with E-state index in [0.29, 0.717) is 21.6 Å². The van der Waals surface area contributed by atoms with Crippen LogP contribution in [0.4, 0.5) is 5.69 Å². The van der Waals surface area contributed by atoms with Gasteiger partial charge in [0, 0.05) is 22.6 Å². The number of aryl methyl sites for hydroxylation is 3. The molecule has 0 aliphatic rings. The molecule has 35 heavy (non-hydrogen) atoms. The molecule has 0 radical (unpaired) electrons.